The molecular formula is C20H22N2O2. The van der Waals surface area contributed by atoms with Crippen LogP contribution in [0.5, 0.6) is 5.75 Å². The predicted octanol–water partition coefficient (Wildman–Crippen LogP) is 3.11. The van der Waals surface area contributed by atoms with Gasteiger partial charge in [-0.2, -0.15) is 0 Å². The van der Waals surface area contributed by atoms with Gasteiger partial charge < -0.3 is 15.0 Å². The van der Waals surface area contributed by atoms with Crippen LogP contribution in [0.25, 0.3) is 6.08 Å². The molecule has 1 amide bonds. The molecule has 0 unspecified atom stereocenters. The normalized spacial score (nSPS) is 12.6. The van der Waals surface area contributed by atoms with Gasteiger partial charge in [0.1, 0.15) is 12.4 Å². The van der Waals surface area contributed by atoms with Crippen molar-refractivity contribution >= 4 is 17.7 Å². The van der Waals surface area contributed by atoms with Crippen molar-refractivity contribution in [3.63, 3.8) is 0 Å². The quantitative estimate of drug-likeness (QED) is 0.831. The second kappa shape index (κ2) is 7.68. The van der Waals surface area contributed by atoms with Crippen LogP contribution in [0, 0.1) is 0 Å². The summed E-state index contributed by atoms with van der Waals surface area (Å²) in [5.74, 6) is 0.783. The van der Waals surface area contributed by atoms with Gasteiger partial charge in [0.05, 0.1) is 5.57 Å². The molecule has 0 saturated carbocycles. The van der Waals surface area contributed by atoms with Crippen LogP contribution < -0.4 is 15.0 Å². The Labute approximate surface area is 142 Å². The summed E-state index contributed by atoms with van der Waals surface area (Å²) < 4.78 is 5.62. The predicted molar refractivity (Wildman–Crippen MR) is 97.3 cm³/mol. The maximum absolute atomic E-state index is 12.2. The van der Waals surface area contributed by atoms with Gasteiger partial charge in [0.15, 0.2) is 0 Å². The molecule has 24 heavy (non-hydrogen) atoms. The van der Waals surface area contributed by atoms with Gasteiger partial charge in [0, 0.05) is 31.4 Å². The number of carbonyl (C=O) groups is 1. The highest BCUT2D eigenvalue weighted by Crippen LogP contribution is 2.25. The van der Waals surface area contributed by atoms with E-state index in [9.17, 15) is 4.79 Å². The zero-order chi connectivity index (χ0) is 16.8. The third-order valence-electron chi connectivity index (χ3n) is 4.08. The van der Waals surface area contributed by atoms with Gasteiger partial charge in [0.2, 0.25) is 0 Å². The first-order valence-electron chi connectivity index (χ1n) is 8.21. The lowest BCUT2D eigenvalue weighted by Gasteiger charge is -2.20. The first-order chi connectivity index (χ1) is 11.7. The van der Waals surface area contributed by atoms with Gasteiger partial charge in [-0.25, -0.2) is 0 Å². The van der Waals surface area contributed by atoms with Crippen molar-refractivity contribution in [1.82, 2.24) is 5.32 Å². The Kier molecular flexibility index (Phi) is 5.16. The minimum absolute atomic E-state index is 0.0492. The number of hydrogen-bond acceptors (Lipinski definition) is 3. The van der Waals surface area contributed by atoms with Crippen LogP contribution in [-0.2, 0) is 4.79 Å². The van der Waals surface area contributed by atoms with Gasteiger partial charge in [-0.05, 0) is 30.7 Å². The first kappa shape index (κ1) is 16.1. The van der Waals surface area contributed by atoms with Crippen molar-refractivity contribution in [2.45, 2.75) is 6.42 Å². The van der Waals surface area contributed by atoms with E-state index in [1.807, 2.05) is 48.5 Å². The van der Waals surface area contributed by atoms with Crippen LogP contribution in [0.2, 0.25) is 0 Å². The number of para-hydroxylation sites is 2. The van der Waals surface area contributed by atoms with Gasteiger partial charge >= 0.3 is 0 Å². The molecule has 0 bridgehead atoms. The largest absolute Gasteiger partial charge is 0.488 e. The molecule has 1 N–H and O–H groups in total. The fraction of sp³-hybridized carbons (Fsp3) is 0.250. The second-order valence-corrected chi connectivity index (χ2v) is 5.86. The summed E-state index contributed by atoms with van der Waals surface area (Å²) in [6.07, 6.45) is 2.80. The fourth-order valence-electron chi connectivity index (χ4n) is 2.69. The molecule has 0 aliphatic carbocycles. The van der Waals surface area contributed by atoms with Crippen molar-refractivity contribution in [2.24, 2.45) is 0 Å². The number of carbonyl (C=O) groups excluding carboxylic acids is 1. The number of fused-ring (bicyclic) bond motifs is 1. The number of anilines is 1. The summed E-state index contributed by atoms with van der Waals surface area (Å²) in [4.78, 5) is 14.4. The van der Waals surface area contributed by atoms with Gasteiger partial charge in [0.25, 0.3) is 5.91 Å². The molecule has 2 aromatic rings. The molecule has 0 fully saturated rings. The van der Waals surface area contributed by atoms with E-state index in [2.05, 4.69) is 29.4 Å². The third-order valence-corrected chi connectivity index (χ3v) is 4.08. The van der Waals surface area contributed by atoms with Crippen LogP contribution in [0.15, 0.2) is 60.2 Å². The number of amides is 1. The van der Waals surface area contributed by atoms with Gasteiger partial charge in [-0.3, -0.25) is 4.79 Å². The van der Waals surface area contributed by atoms with Crippen molar-refractivity contribution in [3.05, 3.63) is 65.7 Å². The summed E-state index contributed by atoms with van der Waals surface area (Å²) in [5.41, 5.74) is 2.81. The first-order valence-corrected chi connectivity index (χ1v) is 8.21. The maximum Gasteiger partial charge on any atom is 0.250 e. The molecule has 0 radical (unpaired) electrons. The molecule has 4 heteroatoms. The van der Waals surface area contributed by atoms with E-state index in [1.54, 1.807) is 0 Å². The number of hydrogen-bond donors (Lipinski definition) is 1. The van der Waals surface area contributed by atoms with E-state index in [1.165, 1.54) is 5.69 Å². The SMILES string of the molecule is CN(CCCNC(=O)C1=Cc2ccccc2OC1)c1ccccc1. The summed E-state index contributed by atoms with van der Waals surface area (Å²) in [6.45, 7) is 1.87. The van der Waals surface area contributed by atoms with E-state index in [-0.39, 0.29) is 5.91 Å². The maximum atomic E-state index is 12.2. The molecular weight excluding hydrogens is 300 g/mol. The lowest BCUT2D eigenvalue weighted by atomic mass is 10.1. The second-order valence-electron chi connectivity index (χ2n) is 5.86. The zero-order valence-corrected chi connectivity index (χ0v) is 13.9. The van der Waals surface area contributed by atoms with Crippen LogP contribution in [0.1, 0.15) is 12.0 Å². The van der Waals surface area contributed by atoms with E-state index in [0.717, 1.165) is 24.3 Å². The molecule has 1 aliphatic rings. The Morgan fingerprint density at radius 3 is 2.71 bits per heavy atom. The summed E-state index contributed by atoms with van der Waals surface area (Å²) >= 11 is 0. The molecule has 1 heterocycles. The number of ether oxygens (including phenoxy) is 1. The third kappa shape index (κ3) is 3.96. The van der Waals surface area contributed by atoms with E-state index in [0.29, 0.717) is 18.7 Å². The minimum atomic E-state index is -0.0492. The monoisotopic (exact) mass is 322 g/mol. The highest BCUT2D eigenvalue weighted by molar-refractivity contribution is 5.99. The lowest BCUT2D eigenvalue weighted by molar-refractivity contribution is -0.117. The Hall–Kier alpha value is -2.75. The Balaban J connectivity index is 1.46. The minimum Gasteiger partial charge on any atom is -0.488 e. The topological polar surface area (TPSA) is 41.6 Å². The van der Waals surface area contributed by atoms with Crippen LogP contribution in [0.4, 0.5) is 5.69 Å². The van der Waals surface area contributed by atoms with Crippen LogP contribution in [0.3, 0.4) is 0 Å². The summed E-state index contributed by atoms with van der Waals surface area (Å²) in [6, 6.07) is 18.0. The average molecular weight is 322 g/mol. The average Bonchev–Trinajstić information content (AvgIpc) is 2.65. The smallest absolute Gasteiger partial charge is 0.250 e. The number of nitrogens with zero attached hydrogens (tertiary/aromatic N) is 1. The highest BCUT2D eigenvalue weighted by Gasteiger charge is 2.16. The van der Waals surface area contributed by atoms with Gasteiger partial charge in [-0.1, -0.05) is 36.4 Å². The van der Waals surface area contributed by atoms with Crippen molar-refractivity contribution in [3.8, 4) is 5.75 Å². The molecule has 0 saturated heterocycles. The fourth-order valence-corrected chi connectivity index (χ4v) is 2.69. The van der Waals surface area contributed by atoms with E-state index < -0.39 is 0 Å². The van der Waals surface area contributed by atoms with E-state index in [4.69, 9.17) is 4.74 Å². The molecule has 2 aromatic carbocycles. The molecule has 124 valence electrons. The number of rotatable bonds is 6. The van der Waals surface area contributed by atoms with Crippen molar-refractivity contribution < 1.29 is 9.53 Å². The van der Waals surface area contributed by atoms with Crippen LogP contribution in [-0.4, -0.2) is 32.7 Å². The summed E-state index contributed by atoms with van der Waals surface area (Å²) in [7, 11) is 2.06. The Morgan fingerprint density at radius 2 is 1.88 bits per heavy atom. The Bertz CT molecular complexity index is 725. The van der Waals surface area contributed by atoms with Crippen molar-refractivity contribution in [1.29, 1.82) is 0 Å². The zero-order valence-electron chi connectivity index (χ0n) is 13.9. The standard InChI is InChI=1S/C20H22N2O2/c1-22(18-9-3-2-4-10-18)13-7-12-21-20(23)17-14-16-8-5-6-11-19(16)24-15-17/h2-6,8-11,14H,7,12-13,15H2,1H3,(H,21,23). The Morgan fingerprint density at radius 1 is 1.12 bits per heavy atom. The van der Waals surface area contributed by atoms with Crippen LogP contribution >= 0.6 is 0 Å². The molecule has 0 spiro atoms. The van der Waals surface area contributed by atoms with Crippen molar-refractivity contribution in [2.75, 3.05) is 31.6 Å². The molecule has 1 aliphatic heterocycles. The molecule has 3 rings (SSSR count). The number of nitrogens with one attached hydrogen (secondary N) is 1. The highest BCUT2D eigenvalue weighted by atomic mass is 16.5. The van der Waals surface area contributed by atoms with E-state index >= 15 is 0 Å². The molecule has 4 nitrogen and oxygen atoms in total. The number of benzene rings is 2. The lowest BCUT2D eigenvalue weighted by Crippen LogP contribution is -2.31. The molecule has 0 atom stereocenters. The van der Waals surface area contributed by atoms with Gasteiger partial charge in [-0.15, -0.1) is 0 Å². The summed E-state index contributed by atoms with van der Waals surface area (Å²) in [5, 5.41) is 2.98. The molecule has 0 aromatic heterocycles.